The van der Waals surface area contributed by atoms with Crippen molar-refractivity contribution >= 4 is 10.8 Å². The molecule has 0 bridgehead atoms. The normalized spacial score (nSPS) is 15.9. The fourth-order valence-electron chi connectivity index (χ4n) is 3.28. The Morgan fingerprint density at radius 2 is 1.46 bits per heavy atom. The number of hydrogen-bond donors (Lipinski definition) is 0. The summed E-state index contributed by atoms with van der Waals surface area (Å²) in [5.74, 6) is 1.08. The van der Waals surface area contributed by atoms with E-state index < -0.39 is 0 Å². The average molecular weight is 318 g/mol. The lowest BCUT2D eigenvalue weighted by atomic mass is 10.0. The van der Waals surface area contributed by atoms with Crippen molar-refractivity contribution in [1.29, 1.82) is 0 Å². The maximum Gasteiger partial charge on any atom is 0.122 e. The van der Waals surface area contributed by atoms with E-state index >= 15 is 0 Å². The molecule has 0 saturated heterocycles. The molecule has 1 aliphatic rings. The number of benzene rings is 3. The van der Waals surface area contributed by atoms with Crippen molar-refractivity contribution in [3.05, 3.63) is 76.9 Å². The molecule has 124 valence electrons. The number of rotatable bonds is 0. The zero-order valence-corrected chi connectivity index (χ0v) is 15.1. The van der Waals surface area contributed by atoms with E-state index in [2.05, 4.69) is 82.3 Å². The fourth-order valence-corrected chi connectivity index (χ4v) is 3.28. The minimum atomic E-state index is 0.389. The van der Waals surface area contributed by atoms with Crippen molar-refractivity contribution in [2.75, 3.05) is 0 Å². The molecule has 1 nitrogen and oxygen atoms in total. The lowest BCUT2D eigenvalue weighted by Crippen LogP contribution is -2.18. The summed E-state index contributed by atoms with van der Waals surface area (Å²) in [6, 6.07) is 19.3. The van der Waals surface area contributed by atoms with Crippen molar-refractivity contribution in [2.24, 2.45) is 0 Å². The maximum atomic E-state index is 5.69. The highest BCUT2D eigenvalue weighted by atomic mass is 16.5. The lowest BCUT2D eigenvalue weighted by Gasteiger charge is -2.23. The number of hydrogen-bond acceptors (Lipinski definition) is 1. The van der Waals surface area contributed by atoms with E-state index in [-0.39, 0.29) is 0 Å². The molecule has 0 spiro atoms. The Morgan fingerprint density at radius 1 is 0.833 bits per heavy atom. The van der Waals surface area contributed by atoms with Gasteiger partial charge in [-0.3, -0.25) is 0 Å². The van der Waals surface area contributed by atoms with Gasteiger partial charge in [-0.05, 0) is 74.1 Å². The number of fused-ring (bicyclic) bond motifs is 2. The van der Waals surface area contributed by atoms with Crippen LogP contribution >= 0.6 is 0 Å². The van der Waals surface area contributed by atoms with Crippen molar-refractivity contribution in [3.63, 3.8) is 0 Å². The van der Waals surface area contributed by atoms with Gasteiger partial charge in [0.05, 0.1) is 6.10 Å². The van der Waals surface area contributed by atoms with Crippen LogP contribution in [0.5, 0.6) is 5.75 Å². The first-order valence-electron chi connectivity index (χ1n) is 8.76. The van der Waals surface area contributed by atoms with Gasteiger partial charge in [0, 0.05) is 0 Å². The molecular weight excluding hydrogens is 292 g/mol. The van der Waals surface area contributed by atoms with E-state index in [9.17, 15) is 0 Å². The zero-order chi connectivity index (χ0) is 17.1. The quantitative estimate of drug-likeness (QED) is 0.482. The Balaban J connectivity index is 0.000000141. The second-order valence-corrected chi connectivity index (χ2v) is 6.82. The first kappa shape index (κ1) is 16.6. The van der Waals surface area contributed by atoms with Crippen LogP contribution in [0.25, 0.3) is 10.8 Å². The van der Waals surface area contributed by atoms with Gasteiger partial charge in [-0.1, -0.05) is 54.1 Å². The highest BCUT2D eigenvalue weighted by Gasteiger charge is 2.14. The van der Waals surface area contributed by atoms with Crippen molar-refractivity contribution in [3.8, 4) is 5.75 Å². The Morgan fingerprint density at radius 3 is 2.08 bits per heavy atom. The van der Waals surface area contributed by atoms with Crippen molar-refractivity contribution in [2.45, 2.75) is 46.6 Å². The molecule has 0 aliphatic carbocycles. The predicted octanol–water partition coefficient (Wildman–Crippen LogP) is 6.17. The van der Waals surface area contributed by atoms with E-state index in [1.165, 1.54) is 33.0 Å². The van der Waals surface area contributed by atoms with Crippen LogP contribution in [-0.2, 0) is 6.42 Å². The smallest absolute Gasteiger partial charge is 0.122 e. The van der Waals surface area contributed by atoms with Gasteiger partial charge in [0.1, 0.15) is 5.75 Å². The topological polar surface area (TPSA) is 9.23 Å². The van der Waals surface area contributed by atoms with Gasteiger partial charge in [0.15, 0.2) is 0 Å². The van der Waals surface area contributed by atoms with E-state index in [1.807, 2.05) is 0 Å². The van der Waals surface area contributed by atoms with E-state index in [1.54, 1.807) is 0 Å². The molecule has 0 fully saturated rings. The maximum absolute atomic E-state index is 5.69. The number of aryl methyl sites for hydroxylation is 4. The van der Waals surface area contributed by atoms with Crippen molar-refractivity contribution < 1.29 is 4.74 Å². The SMILES string of the molecule is Cc1ccc2c(c1)CCC(C)O2.Cc1cccc2c(C)cccc12. The lowest BCUT2D eigenvalue weighted by molar-refractivity contribution is 0.192. The summed E-state index contributed by atoms with van der Waals surface area (Å²) in [7, 11) is 0. The summed E-state index contributed by atoms with van der Waals surface area (Å²) in [4.78, 5) is 0. The molecule has 0 amide bonds. The third-order valence-corrected chi connectivity index (χ3v) is 4.72. The van der Waals surface area contributed by atoms with E-state index in [4.69, 9.17) is 4.74 Å². The Labute approximate surface area is 145 Å². The molecule has 0 saturated carbocycles. The van der Waals surface area contributed by atoms with Gasteiger partial charge >= 0.3 is 0 Å². The zero-order valence-electron chi connectivity index (χ0n) is 15.1. The molecule has 1 atom stereocenters. The molecule has 0 radical (unpaired) electrons. The van der Waals surface area contributed by atoms with Crippen LogP contribution < -0.4 is 4.74 Å². The standard InChI is InChI=1S/C12H12.C11H14O/c1-9-5-3-8-12-10(2)6-4-7-11(9)12;1-8-3-6-11-10(7-8)5-4-9(2)12-11/h3-8H,1-2H3;3,6-7,9H,4-5H2,1-2H3. The van der Waals surface area contributed by atoms with Gasteiger partial charge < -0.3 is 4.74 Å². The van der Waals surface area contributed by atoms with Crippen LogP contribution in [0.3, 0.4) is 0 Å². The second-order valence-electron chi connectivity index (χ2n) is 6.82. The minimum absolute atomic E-state index is 0.389. The molecular formula is C23H26O. The summed E-state index contributed by atoms with van der Waals surface area (Å²) in [6.45, 7) is 8.56. The van der Waals surface area contributed by atoms with Crippen LogP contribution in [0, 0.1) is 20.8 Å². The Hall–Kier alpha value is -2.28. The average Bonchev–Trinajstić information content (AvgIpc) is 2.57. The predicted molar refractivity (Wildman–Crippen MR) is 103 cm³/mol. The molecule has 1 aliphatic heterocycles. The molecule has 1 unspecified atom stereocenters. The molecule has 0 N–H and O–H groups in total. The molecule has 3 aromatic carbocycles. The Bertz CT molecular complexity index is 807. The van der Waals surface area contributed by atoms with E-state index in [0.29, 0.717) is 6.10 Å². The second kappa shape index (κ2) is 7.09. The molecule has 4 rings (SSSR count). The van der Waals surface area contributed by atoms with Gasteiger partial charge in [0.2, 0.25) is 0 Å². The van der Waals surface area contributed by atoms with Crippen LogP contribution in [0.1, 0.15) is 35.6 Å². The summed E-state index contributed by atoms with van der Waals surface area (Å²) in [5.41, 5.74) is 5.41. The summed E-state index contributed by atoms with van der Waals surface area (Å²) in [6.07, 6.45) is 2.70. The summed E-state index contributed by atoms with van der Waals surface area (Å²) >= 11 is 0. The third-order valence-electron chi connectivity index (χ3n) is 4.72. The van der Waals surface area contributed by atoms with Gasteiger partial charge in [-0.25, -0.2) is 0 Å². The summed E-state index contributed by atoms with van der Waals surface area (Å²) in [5, 5.41) is 2.75. The van der Waals surface area contributed by atoms with Crippen LogP contribution in [0.15, 0.2) is 54.6 Å². The first-order chi connectivity index (χ1) is 11.5. The largest absolute Gasteiger partial charge is 0.490 e. The highest BCUT2D eigenvalue weighted by Crippen LogP contribution is 2.27. The minimum Gasteiger partial charge on any atom is -0.490 e. The van der Waals surface area contributed by atoms with E-state index in [0.717, 1.165) is 18.6 Å². The summed E-state index contributed by atoms with van der Waals surface area (Å²) < 4.78 is 5.69. The van der Waals surface area contributed by atoms with Crippen LogP contribution in [-0.4, -0.2) is 6.10 Å². The third kappa shape index (κ3) is 3.62. The van der Waals surface area contributed by atoms with Gasteiger partial charge in [0.25, 0.3) is 0 Å². The van der Waals surface area contributed by atoms with Gasteiger partial charge in [-0.15, -0.1) is 0 Å². The molecule has 3 aromatic rings. The monoisotopic (exact) mass is 318 g/mol. The van der Waals surface area contributed by atoms with Gasteiger partial charge in [-0.2, -0.15) is 0 Å². The fraction of sp³-hybridized carbons (Fsp3) is 0.304. The number of ether oxygens (including phenoxy) is 1. The molecule has 0 aromatic heterocycles. The molecule has 24 heavy (non-hydrogen) atoms. The molecule has 1 heterocycles. The first-order valence-corrected chi connectivity index (χ1v) is 8.76. The highest BCUT2D eigenvalue weighted by molar-refractivity contribution is 5.88. The van der Waals surface area contributed by atoms with Crippen LogP contribution in [0.2, 0.25) is 0 Å². The Kier molecular flexibility index (Phi) is 4.89. The van der Waals surface area contributed by atoms with Crippen LogP contribution in [0.4, 0.5) is 0 Å². The van der Waals surface area contributed by atoms with Crippen molar-refractivity contribution in [1.82, 2.24) is 0 Å². The molecule has 1 heteroatoms.